The van der Waals surface area contributed by atoms with Gasteiger partial charge in [-0.15, -0.1) is 0 Å². The van der Waals surface area contributed by atoms with Crippen LogP contribution in [0.5, 0.6) is 0 Å². The van der Waals surface area contributed by atoms with Crippen LogP contribution in [0.1, 0.15) is 205 Å². The third kappa shape index (κ3) is 42.3. The molecule has 796 valence electrons. The fraction of sp³-hybridized carbons (Fsp3) is 0.378. The summed E-state index contributed by atoms with van der Waals surface area (Å²) in [5.74, 6) is -1.15. The van der Waals surface area contributed by atoms with Crippen LogP contribution in [0.15, 0.2) is 423 Å². The van der Waals surface area contributed by atoms with Gasteiger partial charge in [-0.05, 0) is 177 Å². The highest BCUT2D eigenvalue weighted by Gasteiger charge is 2.65. The lowest BCUT2D eigenvalue weighted by Crippen LogP contribution is -2.35. The first kappa shape index (κ1) is 133. The molecule has 0 amide bonds. The Labute approximate surface area is 896 Å². The Kier molecular flexibility index (Phi) is 74.3. The lowest BCUT2D eigenvalue weighted by molar-refractivity contribution is -0.155. The molecule has 4 aliphatic heterocycles. The number of carbonyl (C=O) groups is 7. The third-order valence-electron chi connectivity index (χ3n) is 22.1. The summed E-state index contributed by atoms with van der Waals surface area (Å²) in [7, 11) is 5.44. The molecule has 147 heavy (non-hydrogen) atoms. The van der Waals surface area contributed by atoms with Crippen molar-refractivity contribution in [2.24, 2.45) is 47.3 Å². The van der Waals surface area contributed by atoms with Gasteiger partial charge in [0.2, 0.25) is 0 Å². The molecule has 4 saturated heterocycles. The maximum absolute atomic E-state index is 11.5. The van der Waals surface area contributed by atoms with Crippen LogP contribution in [0, 0.1) is 47.3 Å². The molecule has 0 N–H and O–H groups in total. The van der Waals surface area contributed by atoms with E-state index in [-0.39, 0.29) is 127 Å². The van der Waals surface area contributed by atoms with E-state index in [2.05, 4.69) is 383 Å². The van der Waals surface area contributed by atoms with E-state index in [9.17, 15) is 33.6 Å². The molecule has 20 rings (SSSR count). The third-order valence-corrected chi connectivity index (χ3v) is 31.0. The topological polar surface area (TPSA) is 203 Å². The zero-order valence-corrected chi connectivity index (χ0v) is 96.2. The molecule has 0 spiro atoms. The summed E-state index contributed by atoms with van der Waals surface area (Å²) >= 11 is 0. The van der Waals surface area contributed by atoms with Crippen molar-refractivity contribution in [2.75, 3.05) is 41.7 Å². The van der Waals surface area contributed by atoms with Crippen LogP contribution >= 0.6 is 0 Å². The summed E-state index contributed by atoms with van der Waals surface area (Å²) in [6.07, 6.45) is 2.99. The normalized spacial score (nSPS) is 18.3. The van der Waals surface area contributed by atoms with E-state index in [1.807, 2.05) is 166 Å². The number of esters is 6. The van der Waals surface area contributed by atoms with Gasteiger partial charge in [0.15, 0.2) is 64.7 Å². The minimum Gasteiger partial charge on any atom is -0.469 e. The molecule has 8 fully saturated rings. The van der Waals surface area contributed by atoms with Gasteiger partial charge in [0.05, 0.1) is 95.7 Å². The number of hydrogen-bond donors (Lipinski definition) is 0. The van der Waals surface area contributed by atoms with Crippen molar-refractivity contribution in [1.82, 2.24) is 0 Å². The Morgan fingerprint density at radius 1 is 0.272 bits per heavy atom. The van der Waals surface area contributed by atoms with Gasteiger partial charge in [-0.1, -0.05) is 385 Å². The van der Waals surface area contributed by atoms with Crippen molar-refractivity contribution in [1.29, 1.82) is 0 Å². The maximum Gasteiger partial charge on any atom is 0.508 e. The lowest BCUT2D eigenvalue weighted by atomic mass is 9.82. The zero-order chi connectivity index (χ0) is 110. The van der Waals surface area contributed by atoms with Crippen LogP contribution in [0.2, 0.25) is 0 Å². The highest BCUT2D eigenvalue weighted by atomic mass is 32.2. The first-order chi connectivity index (χ1) is 72.3. The summed E-state index contributed by atoms with van der Waals surface area (Å²) < 4.78 is 43.1. The quantitative estimate of drug-likeness (QED) is 0.0382. The lowest BCUT2D eigenvalue weighted by Gasteiger charge is -2.24. The van der Waals surface area contributed by atoms with Crippen LogP contribution in [0.25, 0.3) is 0 Å². The number of hydrogen-bond acceptors (Lipinski definition) is 16. The molecule has 0 aromatic heterocycles. The number of methoxy groups -OCH3 is 4. The summed E-state index contributed by atoms with van der Waals surface area (Å²) in [4.78, 5) is 93.3. The molecule has 4 bridgehead atoms. The Morgan fingerprint density at radius 2 is 0.503 bits per heavy atom. The second-order valence-corrected chi connectivity index (χ2v) is 37.8. The molecule has 4 heterocycles. The molecule has 12 aromatic rings. The summed E-state index contributed by atoms with van der Waals surface area (Å²) in [6.45, 7) is 48.8. The smallest absolute Gasteiger partial charge is 0.469 e. The first-order valence-electron chi connectivity index (χ1n) is 53.0. The van der Waals surface area contributed by atoms with Crippen molar-refractivity contribution >= 4 is 85.6 Å². The molecule has 4 saturated carbocycles. The van der Waals surface area contributed by atoms with Crippen LogP contribution in [0.3, 0.4) is 0 Å². The van der Waals surface area contributed by atoms with E-state index in [4.69, 9.17) is 23.7 Å². The van der Waals surface area contributed by atoms with Gasteiger partial charge in [-0.3, -0.25) is 28.8 Å². The standard InChI is InChI=1S/4C18H15S.C10H12O5.C10H12O4.C6H8O4.C5H8O3.12C2H6/c4*1-4-10-16(11-5-1)19(17-12-6-2-7-13-17)18-14-8-3-9-15-18;1-13-10(12)15-7-4-2-5-6(3-4)9(11)14-8(5)7;1-13-10(12)7-4-2-5-6(3-4)9(11)14-8(5)7;1-9-5(7)4-2-3-10-6(4)8;1-7-4-2-5(6)8-3-4;12*1-2/h4*1-15H;4-8H,2-3H2,1H3;4-8H,2-3H2,1H3;4H,2-3H2,1H3;4H,2-3H2,1H3;12*1-2H3/q4*+1;;;;;;;;;;;;;;;;. The second kappa shape index (κ2) is 82.1. The molecule has 4 aliphatic carbocycles. The SMILES string of the molecule is CC.CC.CC.CC.CC.CC.CC.CC.CC.CC.CC.CC.COC(=O)C1C2CC3C(=O)OC1C3C2.COC(=O)C1CCOC1=O.COC(=O)OC1C2CC3C(=O)OC1C3C2.COC1COC(=O)C1.c1ccc([S+](c2ccccc2)c2ccccc2)cc1.c1ccc([S+](c2ccccc2)c2ccccc2)cc1.c1ccc([S+](c2ccccc2)c2ccccc2)cc1.c1ccc([S+](c2ccccc2)c2ccccc2)cc1. The summed E-state index contributed by atoms with van der Waals surface area (Å²) in [6, 6.07) is 129. The number of cyclic esters (lactones) is 2. The average molecular weight is 2080 g/mol. The number of carbonyl (C=O) groups excluding carboxylic acids is 7. The highest BCUT2D eigenvalue weighted by Crippen LogP contribution is 2.58. The van der Waals surface area contributed by atoms with Crippen molar-refractivity contribution < 1.29 is 76.2 Å². The minimum atomic E-state index is -0.688. The number of benzene rings is 12. The predicted molar refractivity (Wildman–Crippen MR) is 612 cm³/mol. The van der Waals surface area contributed by atoms with Crippen molar-refractivity contribution in [2.45, 2.75) is 288 Å². The highest BCUT2D eigenvalue weighted by molar-refractivity contribution is 7.98. The monoisotopic (exact) mass is 2080 g/mol. The van der Waals surface area contributed by atoms with Gasteiger partial charge in [0.1, 0.15) is 31.0 Å². The largest absolute Gasteiger partial charge is 0.508 e. The predicted octanol–water partition coefficient (Wildman–Crippen LogP) is 32.2. The van der Waals surface area contributed by atoms with Gasteiger partial charge in [0, 0.05) is 31.3 Å². The Morgan fingerprint density at radius 3 is 0.707 bits per heavy atom. The number of rotatable bonds is 16. The summed E-state index contributed by atoms with van der Waals surface area (Å²) in [5.41, 5.74) is 0. The molecule has 12 aromatic carbocycles. The molecular formula is C127H172O16S4+4. The summed E-state index contributed by atoms with van der Waals surface area (Å²) in [5, 5.41) is 0. The van der Waals surface area contributed by atoms with E-state index in [0.717, 1.165) is 25.7 Å². The van der Waals surface area contributed by atoms with Gasteiger partial charge >= 0.3 is 42.0 Å². The van der Waals surface area contributed by atoms with Crippen LogP contribution in [-0.4, -0.2) is 108 Å². The molecule has 0 radical (unpaired) electrons. The molecule has 8 aliphatic rings. The Balaban J connectivity index is 0.000000822. The number of fused-ring (bicyclic) bond motifs is 2. The molecule has 12 unspecified atom stereocenters. The van der Waals surface area contributed by atoms with Gasteiger partial charge in [-0.25, -0.2) is 4.79 Å². The van der Waals surface area contributed by atoms with Gasteiger partial charge in [0.25, 0.3) is 0 Å². The maximum atomic E-state index is 11.5. The van der Waals surface area contributed by atoms with E-state index < -0.39 is 24.0 Å². The minimum absolute atomic E-state index is 0.00231. The number of ether oxygens (including phenoxy) is 9. The van der Waals surface area contributed by atoms with Crippen molar-refractivity contribution in [3.63, 3.8) is 0 Å². The van der Waals surface area contributed by atoms with E-state index in [0.29, 0.717) is 32.0 Å². The van der Waals surface area contributed by atoms with Crippen LogP contribution < -0.4 is 0 Å². The van der Waals surface area contributed by atoms with Crippen molar-refractivity contribution in [3.8, 4) is 0 Å². The van der Waals surface area contributed by atoms with E-state index in [1.54, 1.807) is 7.11 Å². The van der Waals surface area contributed by atoms with Gasteiger partial charge < -0.3 is 42.6 Å². The Bertz CT molecular complexity index is 4440. The van der Waals surface area contributed by atoms with E-state index in [1.165, 1.54) is 80.1 Å². The van der Waals surface area contributed by atoms with E-state index >= 15 is 0 Å². The fourth-order valence-corrected chi connectivity index (χ4v) is 24.9. The molecule has 20 heteroatoms. The van der Waals surface area contributed by atoms with Crippen LogP contribution in [0.4, 0.5) is 4.79 Å². The molecule has 16 nitrogen and oxygen atoms in total. The van der Waals surface area contributed by atoms with Crippen molar-refractivity contribution in [3.05, 3.63) is 364 Å². The average Bonchev–Trinajstić information content (AvgIpc) is 1.56. The second-order valence-electron chi connectivity index (χ2n) is 29.7. The molecular weight excluding hydrogens is 1910 g/mol. The van der Waals surface area contributed by atoms with Crippen LogP contribution in [-0.2, 0) is 115 Å². The van der Waals surface area contributed by atoms with Gasteiger partial charge in [-0.2, -0.15) is 0 Å². The zero-order valence-electron chi connectivity index (χ0n) is 92.9. The molecule has 12 atom stereocenters. The Hall–Kier alpha value is -11.9. The fourth-order valence-electron chi connectivity index (χ4n) is 16.4. The first-order valence-corrected chi connectivity index (χ1v) is 57.9.